The molecule has 0 fully saturated rings. The first-order valence-corrected chi connectivity index (χ1v) is 8.61. The van der Waals surface area contributed by atoms with E-state index < -0.39 is 0 Å². The number of hydrogen-bond acceptors (Lipinski definition) is 3. The molecule has 0 aliphatic heterocycles. The fourth-order valence-corrected chi connectivity index (χ4v) is 2.30. The summed E-state index contributed by atoms with van der Waals surface area (Å²) in [7, 11) is 0. The molecule has 0 aromatic heterocycles. The van der Waals surface area contributed by atoms with Crippen molar-refractivity contribution in [2.45, 2.75) is 39.5 Å². The Morgan fingerprint density at radius 3 is 2.54 bits per heavy atom. The van der Waals surface area contributed by atoms with Gasteiger partial charge >= 0.3 is 0 Å². The van der Waals surface area contributed by atoms with Crippen molar-refractivity contribution < 1.29 is 9.53 Å². The first-order valence-electron chi connectivity index (χ1n) is 8.61. The molecule has 1 amide bonds. The van der Waals surface area contributed by atoms with Gasteiger partial charge in [0.2, 0.25) is 5.91 Å². The summed E-state index contributed by atoms with van der Waals surface area (Å²) in [5.41, 5.74) is 2.57. The average molecular weight is 326 g/mol. The molecule has 2 aromatic carbocycles. The second-order valence-corrected chi connectivity index (χ2v) is 5.66. The van der Waals surface area contributed by atoms with Gasteiger partial charge in [-0.3, -0.25) is 4.79 Å². The molecule has 24 heavy (non-hydrogen) atoms. The highest BCUT2D eigenvalue weighted by molar-refractivity contribution is 5.94. The van der Waals surface area contributed by atoms with Crippen LogP contribution in [0.2, 0.25) is 0 Å². The summed E-state index contributed by atoms with van der Waals surface area (Å²) in [6, 6.07) is 15.6. The van der Waals surface area contributed by atoms with E-state index in [4.69, 9.17) is 4.74 Å². The maximum atomic E-state index is 11.7. The van der Waals surface area contributed by atoms with Crippen LogP contribution in [0, 0.1) is 0 Å². The highest BCUT2D eigenvalue weighted by Crippen LogP contribution is 2.27. The van der Waals surface area contributed by atoms with Crippen LogP contribution < -0.4 is 15.4 Å². The van der Waals surface area contributed by atoms with Crippen LogP contribution in [0.15, 0.2) is 48.5 Å². The number of carbonyl (C=O) groups excluding carboxylic acids is 1. The summed E-state index contributed by atoms with van der Waals surface area (Å²) in [4.78, 5) is 11.7. The molecule has 4 nitrogen and oxygen atoms in total. The standard InChI is InChI=1S/C20H26N2O2/c1-3-5-8-14-24-17-11-9-10-16(15-17)21-18-12-6-7-13-19(18)22-20(23)4-2/h6-7,9-13,15,21H,3-5,8,14H2,1-2H3,(H,22,23). The topological polar surface area (TPSA) is 50.4 Å². The largest absolute Gasteiger partial charge is 0.494 e. The third-order valence-corrected chi connectivity index (χ3v) is 3.65. The molecule has 0 bridgehead atoms. The van der Waals surface area contributed by atoms with Crippen LogP contribution in [0.3, 0.4) is 0 Å². The number of amides is 1. The normalized spacial score (nSPS) is 10.2. The van der Waals surface area contributed by atoms with Gasteiger partial charge in [-0.25, -0.2) is 0 Å². The summed E-state index contributed by atoms with van der Waals surface area (Å²) in [6.45, 7) is 4.75. The molecule has 0 aliphatic carbocycles. The quantitative estimate of drug-likeness (QED) is 0.611. The molecule has 0 saturated carbocycles. The van der Waals surface area contributed by atoms with Gasteiger partial charge in [0.15, 0.2) is 0 Å². The van der Waals surface area contributed by atoms with Crippen molar-refractivity contribution in [2.75, 3.05) is 17.2 Å². The number of anilines is 3. The van der Waals surface area contributed by atoms with Crippen molar-refractivity contribution >= 4 is 23.0 Å². The molecule has 0 atom stereocenters. The SMILES string of the molecule is CCCCCOc1cccc(Nc2ccccc2NC(=O)CC)c1. The van der Waals surface area contributed by atoms with Gasteiger partial charge in [-0.15, -0.1) is 0 Å². The molecule has 4 heteroatoms. The number of benzene rings is 2. The minimum absolute atomic E-state index is 0.00254. The fourth-order valence-electron chi connectivity index (χ4n) is 2.30. The zero-order valence-corrected chi connectivity index (χ0v) is 14.5. The first-order chi connectivity index (χ1) is 11.7. The van der Waals surface area contributed by atoms with Crippen molar-refractivity contribution in [1.29, 1.82) is 0 Å². The molecule has 0 saturated heterocycles. The fraction of sp³-hybridized carbons (Fsp3) is 0.350. The predicted molar refractivity (Wildman–Crippen MR) is 100 cm³/mol. The van der Waals surface area contributed by atoms with Gasteiger partial charge < -0.3 is 15.4 Å². The molecule has 2 N–H and O–H groups in total. The van der Waals surface area contributed by atoms with E-state index in [2.05, 4.69) is 17.6 Å². The van der Waals surface area contributed by atoms with E-state index >= 15 is 0 Å². The minimum atomic E-state index is -0.00254. The van der Waals surface area contributed by atoms with E-state index in [0.29, 0.717) is 6.42 Å². The number of ether oxygens (including phenoxy) is 1. The van der Waals surface area contributed by atoms with Gasteiger partial charge in [0.1, 0.15) is 5.75 Å². The number of nitrogens with one attached hydrogen (secondary N) is 2. The van der Waals surface area contributed by atoms with Crippen LogP contribution in [0.4, 0.5) is 17.1 Å². The molecule has 0 spiro atoms. The second kappa shape index (κ2) is 9.60. The smallest absolute Gasteiger partial charge is 0.224 e. The van der Waals surface area contributed by atoms with Gasteiger partial charge in [0, 0.05) is 18.2 Å². The van der Waals surface area contributed by atoms with Crippen LogP contribution in [0.25, 0.3) is 0 Å². The Labute approximate surface area is 144 Å². The third-order valence-electron chi connectivity index (χ3n) is 3.65. The molecular weight excluding hydrogens is 300 g/mol. The zero-order chi connectivity index (χ0) is 17.2. The van der Waals surface area contributed by atoms with Crippen LogP contribution in [-0.2, 0) is 4.79 Å². The maximum Gasteiger partial charge on any atom is 0.224 e. The summed E-state index contributed by atoms with van der Waals surface area (Å²) in [6.07, 6.45) is 3.89. The molecule has 0 radical (unpaired) electrons. The van der Waals surface area contributed by atoms with Crippen molar-refractivity contribution in [2.24, 2.45) is 0 Å². The van der Waals surface area contributed by atoms with Gasteiger partial charge in [-0.05, 0) is 30.7 Å². The zero-order valence-electron chi connectivity index (χ0n) is 14.5. The molecule has 2 aromatic rings. The molecular formula is C20H26N2O2. The monoisotopic (exact) mass is 326 g/mol. The van der Waals surface area contributed by atoms with E-state index in [0.717, 1.165) is 35.8 Å². The van der Waals surface area contributed by atoms with E-state index in [-0.39, 0.29) is 5.91 Å². The van der Waals surface area contributed by atoms with Gasteiger partial charge in [0.25, 0.3) is 0 Å². The predicted octanol–water partition coefficient (Wildman–Crippen LogP) is 5.35. The first kappa shape index (κ1) is 17.9. The number of rotatable bonds is 9. The van der Waals surface area contributed by atoms with E-state index in [1.807, 2.05) is 55.5 Å². The van der Waals surface area contributed by atoms with E-state index in [9.17, 15) is 4.79 Å². The Balaban J connectivity index is 2.04. The van der Waals surface area contributed by atoms with E-state index in [1.54, 1.807) is 0 Å². The van der Waals surface area contributed by atoms with Gasteiger partial charge in [-0.1, -0.05) is 44.9 Å². The molecule has 0 heterocycles. The highest BCUT2D eigenvalue weighted by atomic mass is 16.5. The Morgan fingerprint density at radius 2 is 1.79 bits per heavy atom. The van der Waals surface area contributed by atoms with Crippen LogP contribution in [0.1, 0.15) is 39.5 Å². The lowest BCUT2D eigenvalue weighted by Crippen LogP contribution is -2.10. The van der Waals surface area contributed by atoms with Crippen LogP contribution >= 0.6 is 0 Å². The van der Waals surface area contributed by atoms with Crippen LogP contribution in [0.5, 0.6) is 5.75 Å². The Bertz CT molecular complexity index is 656. The third kappa shape index (κ3) is 5.61. The second-order valence-electron chi connectivity index (χ2n) is 5.66. The number of unbranched alkanes of at least 4 members (excludes halogenated alkanes) is 2. The van der Waals surface area contributed by atoms with Gasteiger partial charge in [0.05, 0.1) is 18.0 Å². The lowest BCUT2D eigenvalue weighted by Gasteiger charge is -2.14. The number of hydrogen-bond donors (Lipinski definition) is 2. The van der Waals surface area contributed by atoms with Crippen molar-refractivity contribution in [3.05, 3.63) is 48.5 Å². The highest BCUT2D eigenvalue weighted by Gasteiger charge is 2.06. The maximum absolute atomic E-state index is 11.7. The Morgan fingerprint density at radius 1 is 1.00 bits per heavy atom. The van der Waals surface area contributed by atoms with Crippen molar-refractivity contribution in [3.8, 4) is 5.75 Å². The van der Waals surface area contributed by atoms with E-state index in [1.165, 1.54) is 12.8 Å². The number of carbonyl (C=O) groups is 1. The lowest BCUT2D eigenvalue weighted by atomic mass is 10.2. The summed E-state index contributed by atoms with van der Waals surface area (Å²) < 4.78 is 5.79. The lowest BCUT2D eigenvalue weighted by molar-refractivity contribution is -0.115. The average Bonchev–Trinajstić information content (AvgIpc) is 2.61. The molecule has 0 aliphatic rings. The Hall–Kier alpha value is -2.49. The molecule has 2 rings (SSSR count). The number of para-hydroxylation sites is 2. The van der Waals surface area contributed by atoms with Crippen LogP contribution in [-0.4, -0.2) is 12.5 Å². The van der Waals surface area contributed by atoms with Crippen molar-refractivity contribution in [1.82, 2.24) is 0 Å². The minimum Gasteiger partial charge on any atom is -0.494 e. The summed E-state index contributed by atoms with van der Waals surface area (Å²) >= 11 is 0. The van der Waals surface area contributed by atoms with Gasteiger partial charge in [-0.2, -0.15) is 0 Å². The molecule has 0 unspecified atom stereocenters. The van der Waals surface area contributed by atoms with Crippen molar-refractivity contribution in [3.63, 3.8) is 0 Å². The summed E-state index contributed by atoms with van der Waals surface area (Å²) in [5, 5.41) is 6.26. The Kier molecular flexibility index (Phi) is 7.15. The summed E-state index contributed by atoms with van der Waals surface area (Å²) in [5.74, 6) is 0.850. The molecule has 128 valence electrons.